The average Bonchev–Trinajstić information content (AvgIpc) is 2.33. The number of carbonyl (C=O) groups excluding carboxylic acids is 1. The van der Waals surface area contributed by atoms with E-state index in [9.17, 15) is 26.4 Å². The van der Waals surface area contributed by atoms with E-state index >= 15 is 0 Å². The van der Waals surface area contributed by atoms with Crippen molar-refractivity contribution in [1.82, 2.24) is 0 Å². The van der Waals surface area contributed by atoms with Gasteiger partial charge >= 0.3 is 15.5 Å². The van der Waals surface area contributed by atoms with Crippen molar-refractivity contribution in [3.63, 3.8) is 0 Å². The van der Waals surface area contributed by atoms with Crippen LogP contribution in [0.25, 0.3) is 10.4 Å². The molecule has 11 heteroatoms. The van der Waals surface area contributed by atoms with Gasteiger partial charge in [0.25, 0.3) is 0 Å². The molecule has 120 valence electrons. The van der Waals surface area contributed by atoms with E-state index in [4.69, 9.17) is 5.53 Å². The first-order chi connectivity index (χ1) is 9.92. The Kier molecular flexibility index (Phi) is 4.83. The number of allylic oxidation sites excluding steroid dienone is 3. The number of Topliss-reactive ketones (excluding diaryl/α,β-unsaturated/α-hetero) is 1. The molecule has 7 nitrogen and oxygen atoms in total. The van der Waals surface area contributed by atoms with Gasteiger partial charge in [0.2, 0.25) is 0 Å². The van der Waals surface area contributed by atoms with Crippen molar-refractivity contribution in [1.29, 1.82) is 0 Å². The standard InChI is InChI=1S/C11H11F3N4O3S/c1-5(2)8-7(17-22(20,21)11(12,13)14)4-6(3)10(19)9(8)16-18-15/h4-5H,1-3H3. The van der Waals surface area contributed by atoms with Crippen molar-refractivity contribution in [2.75, 3.05) is 0 Å². The van der Waals surface area contributed by atoms with Crippen LogP contribution in [-0.4, -0.2) is 25.4 Å². The minimum absolute atomic E-state index is 0.0806. The molecule has 0 heterocycles. The second kappa shape index (κ2) is 5.93. The monoisotopic (exact) mass is 336 g/mol. The third-order valence-electron chi connectivity index (χ3n) is 2.69. The van der Waals surface area contributed by atoms with Crippen LogP contribution in [0.2, 0.25) is 0 Å². The molecule has 0 saturated carbocycles. The van der Waals surface area contributed by atoms with Crippen molar-refractivity contribution in [3.05, 3.63) is 33.4 Å². The molecule has 0 radical (unpaired) electrons. The molecule has 0 unspecified atom stereocenters. The topological polar surface area (TPSA) is 112 Å². The third kappa shape index (κ3) is 3.37. The minimum atomic E-state index is -5.78. The van der Waals surface area contributed by atoms with Gasteiger partial charge in [-0.3, -0.25) is 4.79 Å². The second-order valence-electron chi connectivity index (χ2n) is 4.66. The number of hydrogen-bond donors (Lipinski definition) is 0. The van der Waals surface area contributed by atoms with Crippen LogP contribution in [0.15, 0.2) is 32.4 Å². The maximum atomic E-state index is 12.5. The number of ketones is 1. The summed E-state index contributed by atoms with van der Waals surface area (Å²) in [7, 11) is -5.78. The molecule has 0 aromatic heterocycles. The molecule has 0 aromatic carbocycles. The lowest BCUT2D eigenvalue weighted by molar-refractivity contribution is -0.112. The van der Waals surface area contributed by atoms with Crippen LogP contribution in [-0.2, 0) is 14.8 Å². The fourth-order valence-corrected chi connectivity index (χ4v) is 2.26. The van der Waals surface area contributed by atoms with Gasteiger partial charge in [-0.2, -0.15) is 26.0 Å². The van der Waals surface area contributed by atoms with Crippen molar-refractivity contribution >= 4 is 21.5 Å². The largest absolute Gasteiger partial charge is 0.518 e. The SMILES string of the molecule is CC1=CC(=NS(=O)(=O)C(F)(F)F)C(C(C)C)=C(N=[N+]=[N-])C1=O. The highest BCUT2D eigenvalue weighted by Crippen LogP contribution is 2.30. The minimum Gasteiger partial charge on any atom is -0.289 e. The first-order valence-electron chi connectivity index (χ1n) is 5.86. The zero-order valence-corrected chi connectivity index (χ0v) is 12.5. The first-order valence-corrected chi connectivity index (χ1v) is 7.30. The maximum absolute atomic E-state index is 12.5. The molecule has 0 fully saturated rings. The van der Waals surface area contributed by atoms with E-state index in [2.05, 4.69) is 14.4 Å². The average molecular weight is 336 g/mol. The number of alkyl halides is 3. The Balaban J connectivity index is 3.72. The van der Waals surface area contributed by atoms with Crippen molar-refractivity contribution in [3.8, 4) is 0 Å². The number of azide groups is 1. The van der Waals surface area contributed by atoms with Crippen molar-refractivity contribution in [2.45, 2.75) is 26.3 Å². The van der Waals surface area contributed by atoms with Gasteiger partial charge in [0.15, 0.2) is 5.78 Å². The summed E-state index contributed by atoms with van der Waals surface area (Å²) < 4.78 is 62.5. The summed E-state index contributed by atoms with van der Waals surface area (Å²) in [5.41, 5.74) is 1.67. The van der Waals surface area contributed by atoms with E-state index < -0.39 is 38.6 Å². The summed E-state index contributed by atoms with van der Waals surface area (Å²) in [6.07, 6.45) is 0.928. The summed E-state index contributed by atoms with van der Waals surface area (Å²) in [4.78, 5) is 14.4. The Hall–Kier alpha value is -2.13. The summed E-state index contributed by atoms with van der Waals surface area (Å²) >= 11 is 0. The van der Waals surface area contributed by atoms with Gasteiger partial charge in [-0.25, -0.2) is 0 Å². The van der Waals surface area contributed by atoms with Crippen LogP contribution in [0, 0.1) is 5.92 Å². The highest BCUT2D eigenvalue weighted by molar-refractivity contribution is 7.91. The number of halogens is 3. The summed E-state index contributed by atoms with van der Waals surface area (Å²) in [5, 5.41) is 3.17. The number of carbonyl (C=O) groups is 1. The van der Waals surface area contributed by atoms with Crippen LogP contribution in [0.5, 0.6) is 0 Å². The molecule has 22 heavy (non-hydrogen) atoms. The lowest BCUT2D eigenvalue weighted by Gasteiger charge is -2.20. The molecule has 0 atom stereocenters. The van der Waals surface area contributed by atoms with E-state index in [1.54, 1.807) is 0 Å². The zero-order valence-electron chi connectivity index (χ0n) is 11.7. The molecular weight excluding hydrogens is 325 g/mol. The predicted octanol–water partition coefficient (Wildman–Crippen LogP) is 3.03. The molecular formula is C11H11F3N4O3S. The van der Waals surface area contributed by atoms with Crippen molar-refractivity contribution < 1.29 is 26.4 Å². The van der Waals surface area contributed by atoms with Crippen LogP contribution in [0.3, 0.4) is 0 Å². The van der Waals surface area contributed by atoms with Crippen molar-refractivity contribution in [2.24, 2.45) is 15.4 Å². The lowest BCUT2D eigenvalue weighted by Crippen LogP contribution is -2.26. The molecule has 0 bridgehead atoms. The molecule has 0 amide bonds. The number of sulfonamides is 1. The van der Waals surface area contributed by atoms with Gasteiger partial charge in [0.05, 0.1) is 11.4 Å². The molecule has 0 saturated heterocycles. The molecule has 0 aliphatic heterocycles. The highest BCUT2D eigenvalue weighted by Gasteiger charge is 2.46. The fraction of sp³-hybridized carbons (Fsp3) is 0.455. The Bertz CT molecular complexity index is 754. The Morgan fingerprint density at radius 2 is 1.86 bits per heavy atom. The van der Waals surface area contributed by atoms with Gasteiger partial charge in [-0.05, 0) is 35.6 Å². The van der Waals surface area contributed by atoms with Gasteiger partial charge in [-0.1, -0.05) is 19.0 Å². The van der Waals surface area contributed by atoms with E-state index in [0.717, 1.165) is 6.08 Å². The van der Waals surface area contributed by atoms with E-state index in [1.165, 1.54) is 20.8 Å². The van der Waals surface area contributed by atoms with Crippen LogP contribution >= 0.6 is 0 Å². The maximum Gasteiger partial charge on any atom is 0.518 e. The van der Waals surface area contributed by atoms with E-state index in [0.29, 0.717) is 0 Å². The predicted molar refractivity (Wildman–Crippen MR) is 72.2 cm³/mol. The smallest absolute Gasteiger partial charge is 0.289 e. The number of nitrogens with zero attached hydrogens (tertiary/aromatic N) is 4. The summed E-state index contributed by atoms with van der Waals surface area (Å²) in [6, 6.07) is 0. The third-order valence-corrected chi connectivity index (χ3v) is 3.71. The second-order valence-corrected chi connectivity index (χ2v) is 6.26. The summed E-state index contributed by atoms with van der Waals surface area (Å²) in [5.74, 6) is -1.28. The van der Waals surface area contributed by atoms with Gasteiger partial charge in [0, 0.05) is 4.91 Å². The quantitative estimate of drug-likeness (QED) is 0.341. The normalized spacial score (nSPS) is 18.6. The fourth-order valence-electron chi connectivity index (χ4n) is 1.75. The molecule has 0 N–H and O–H groups in total. The molecule has 1 aliphatic carbocycles. The zero-order chi connectivity index (χ0) is 17.3. The van der Waals surface area contributed by atoms with Crippen LogP contribution in [0.1, 0.15) is 20.8 Å². The molecule has 0 spiro atoms. The van der Waals surface area contributed by atoms with Crippen LogP contribution < -0.4 is 0 Å². The highest BCUT2D eigenvalue weighted by atomic mass is 32.2. The van der Waals surface area contributed by atoms with Gasteiger partial charge < -0.3 is 0 Å². The molecule has 1 rings (SSSR count). The number of rotatable bonds is 3. The Morgan fingerprint density at radius 3 is 2.27 bits per heavy atom. The van der Waals surface area contributed by atoms with E-state index in [-0.39, 0.29) is 11.1 Å². The van der Waals surface area contributed by atoms with Crippen LogP contribution in [0.4, 0.5) is 13.2 Å². The van der Waals surface area contributed by atoms with E-state index in [1.807, 2.05) is 0 Å². The summed E-state index contributed by atoms with van der Waals surface area (Å²) in [6.45, 7) is 4.25. The Labute approximate surface area is 123 Å². The first kappa shape index (κ1) is 17.9. The molecule has 0 aromatic rings. The molecule has 1 aliphatic rings. The van der Waals surface area contributed by atoms with Gasteiger partial charge in [-0.15, -0.1) is 0 Å². The number of hydrogen-bond acceptors (Lipinski definition) is 4. The lowest BCUT2D eigenvalue weighted by atomic mass is 9.88. The van der Waals surface area contributed by atoms with Gasteiger partial charge in [0.1, 0.15) is 0 Å². The Morgan fingerprint density at radius 1 is 1.32 bits per heavy atom.